The average Bonchev–Trinajstić information content (AvgIpc) is 3.23. The van der Waals surface area contributed by atoms with Crippen molar-refractivity contribution in [2.24, 2.45) is 0 Å². The average molecular weight is 809 g/mol. The number of allylic oxidation sites excluding steroid dienone is 12. The summed E-state index contributed by atoms with van der Waals surface area (Å²) in [6.07, 6.45) is 65.7. The van der Waals surface area contributed by atoms with Crippen molar-refractivity contribution in [3.8, 4) is 0 Å². The molecule has 0 aliphatic carbocycles. The third kappa shape index (κ3) is 46.0. The van der Waals surface area contributed by atoms with Gasteiger partial charge in [0.2, 0.25) is 0 Å². The molecule has 0 fully saturated rings. The highest BCUT2D eigenvalue weighted by Crippen LogP contribution is 2.15. The van der Waals surface area contributed by atoms with Crippen LogP contribution in [0.25, 0.3) is 0 Å². The lowest BCUT2D eigenvalue weighted by atomic mass is 10.0. The molecule has 0 aromatic carbocycles. The van der Waals surface area contributed by atoms with Gasteiger partial charge in [0.25, 0.3) is 0 Å². The van der Waals surface area contributed by atoms with Crippen LogP contribution in [-0.4, -0.2) is 36.4 Å². The van der Waals surface area contributed by atoms with E-state index >= 15 is 0 Å². The maximum Gasteiger partial charge on any atom is 0.306 e. The van der Waals surface area contributed by atoms with Crippen molar-refractivity contribution in [2.45, 2.75) is 238 Å². The van der Waals surface area contributed by atoms with Gasteiger partial charge in [0.1, 0.15) is 6.61 Å². The molecule has 0 bridgehead atoms. The summed E-state index contributed by atoms with van der Waals surface area (Å²) in [7, 11) is 0. The van der Waals surface area contributed by atoms with Crippen LogP contribution in [0, 0.1) is 0 Å². The van der Waals surface area contributed by atoms with Gasteiger partial charge in [-0.15, -0.1) is 0 Å². The molecule has 1 N–H and O–H groups in total. The number of aliphatic hydroxyl groups excluding tert-OH is 1. The van der Waals surface area contributed by atoms with Gasteiger partial charge in [-0.05, 0) is 64.2 Å². The zero-order valence-corrected chi connectivity index (χ0v) is 38.0. The first kappa shape index (κ1) is 55.3. The summed E-state index contributed by atoms with van der Waals surface area (Å²) >= 11 is 0. The molecule has 0 aliphatic rings. The lowest BCUT2D eigenvalue weighted by Crippen LogP contribution is -2.28. The summed E-state index contributed by atoms with van der Waals surface area (Å²) in [5.74, 6) is -0.588. The molecule has 0 aromatic heterocycles. The summed E-state index contributed by atoms with van der Waals surface area (Å²) in [6.45, 7) is 4.02. The number of ether oxygens (including phenoxy) is 2. The Bertz CT molecular complexity index is 1050. The Hall–Kier alpha value is -2.66. The van der Waals surface area contributed by atoms with Crippen molar-refractivity contribution in [1.29, 1.82) is 0 Å². The van der Waals surface area contributed by atoms with E-state index in [-0.39, 0.29) is 25.2 Å². The molecule has 0 aromatic rings. The zero-order valence-electron chi connectivity index (χ0n) is 38.0. The maximum atomic E-state index is 12.2. The highest BCUT2D eigenvalue weighted by atomic mass is 16.6. The van der Waals surface area contributed by atoms with Gasteiger partial charge in [-0.2, -0.15) is 0 Å². The second kappa shape index (κ2) is 48.7. The van der Waals surface area contributed by atoms with Gasteiger partial charge in [0.05, 0.1) is 6.61 Å². The minimum Gasteiger partial charge on any atom is -0.462 e. The molecule has 5 nitrogen and oxygen atoms in total. The first-order chi connectivity index (χ1) is 28.6. The van der Waals surface area contributed by atoms with Gasteiger partial charge < -0.3 is 14.6 Å². The normalized spacial score (nSPS) is 12.8. The smallest absolute Gasteiger partial charge is 0.306 e. The van der Waals surface area contributed by atoms with E-state index in [2.05, 4.69) is 86.8 Å². The van der Waals surface area contributed by atoms with E-state index in [1.54, 1.807) is 0 Å². The molecule has 58 heavy (non-hydrogen) atoms. The Morgan fingerprint density at radius 3 is 1.12 bits per heavy atom. The topological polar surface area (TPSA) is 72.8 Å². The number of rotatable bonds is 44. The van der Waals surface area contributed by atoms with Crippen LogP contribution in [0.15, 0.2) is 72.9 Å². The van der Waals surface area contributed by atoms with Crippen LogP contribution in [0.3, 0.4) is 0 Å². The Balaban J connectivity index is 3.49. The molecule has 0 rings (SSSR count). The molecular weight excluding hydrogens is 717 g/mol. The van der Waals surface area contributed by atoms with Crippen LogP contribution in [0.2, 0.25) is 0 Å². The van der Waals surface area contributed by atoms with E-state index in [9.17, 15) is 14.7 Å². The van der Waals surface area contributed by atoms with Crippen molar-refractivity contribution in [2.75, 3.05) is 13.2 Å². The van der Waals surface area contributed by atoms with Crippen molar-refractivity contribution in [3.05, 3.63) is 72.9 Å². The Kier molecular flexibility index (Phi) is 46.5. The van der Waals surface area contributed by atoms with Crippen molar-refractivity contribution in [3.63, 3.8) is 0 Å². The Labute approximate surface area is 359 Å². The second-order valence-corrected chi connectivity index (χ2v) is 16.2. The number of carbonyl (C=O) groups excluding carboxylic acids is 2. The van der Waals surface area contributed by atoms with Crippen LogP contribution >= 0.6 is 0 Å². The summed E-state index contributed by atoms with van der Waals surface area (Å²) < 4.78 is 10.6. The standard InChI is InChI=1S/C53H92O5/c1-3-5-7-9-11-13-15-16-17-18-19-20-21-22-23-24-25-26-27-28-29-30-31-32-33-34-35-36-38-40-42-44-46-48-53(56)58-51(49-54)50-57-52(55)47-45-43-41-39-37-14-12-10-8-6-4-2/h5,7,11,13,16-17,19-20,22-23,25-26,51,54H,3-4,6,8-10,12,14-15,18,21,24,27-50H2,1-2H3/b7-5-,13-11-,17-16-,20-19-,23-22-,26-25-. The van der Waals surface area contributed by atoms with Gasteiger partial charge in [0.15, 0.2) is 6.10 Å². The predicted molar refractivity (Wildman–Crippen MR) is 251 cm³/mol. The minimum atomic E-state index is -0.771. The number of carbonyl (C=O) groups is 2. The molecule has 5 heteroatoms. The van der Waals surface area contributed by atoms with Crippen LogP contribution in [0.5, 0.6) is 0 Å². The fraction of sp³-hybridized carbons (Fsp3) is 0.736. The fourth-order valence-corrected chi connectivity index (χ4v) is 6.85. The number of unbranched alkanes of at least 4 members (excludes halogenated alkanes) is 24. The van der Waals surface area contributed by atoms with E-state index < -0.39 is 6.10 Å². The van der Waals surface area contributed by atoms with Crippen molar-refractivity contribution >= 4 is 11.9 Å². The van der Waals surface area contributed by atoms with Crippen LogP contribution in [-0.2, 0) is 19.1 Å². The van der Waals surface area contributed by atoms with Gasteiger partial charge in [-0.1, -0.05) is 228 Å². The SMILES string of the molecule is CC/C=C\C/C=C\C/C=C\C/C=C\C/C=C\C/C=C\CCCCCCCCCCCCCCCCC(=O)OC(CO)COC(=O)CCCCCCCCCCCCC. The third-order valence-electron chi connectivity index (χ3n) is 10.5. The van der Waals surface area contributed by atoms with E-state index in [0.29, 0.717) is 12.8 Å². The highest BCUT2D eigenvalue weighted by Gasteiger charge is 2.16. The largest absolute Gasteiger partial charge is 0.462 e. The van der Waals surface area contributed by atoms with Crippen molar-refractivity contribution < 1.29 is 24.2 Å². The fourth-order valence-electron chi connectivity index (χ4n) is 6.85. The van der Waals surface area contributed by atoms with Crippen LogP contribution in [0.1, 0.15) is 232 Å². The molecule has 0 spiro atoms. The number of aliphatic hydroxyl groups is 1. The Morgan fingerprint density at radius 1 is 0.414 bits per heavy atom. The number of esters is 2. The predicted octanol–water partition coefficient (Wildman–Crippen LogP) is 16.1. The quantitative estimate of drug-likeness (QED) is 0.0377. The second-order valence-electron chi connectivity index (χ2n) is 16.2. The maximum absolute atomic E-state index is 12.2. The molecule has 0 radical (unpaired) electrons. The summed E-state index contributed by atoms with van der Waals surface area (Å²) in [5, 5.41) is 9.58. The van der Waals surface area contributed by atoms with E-state index in [1.807, 2.05) is 0 Å². The first-order valence-corrected chi connectivity index (χ1v) is 24.5. The summed E-state index contributed by atoms with van der Waals surface area (Å²) in [5.41, 5.74) is 0. The minimum absolute atomic E-state index is 0.0646. The zero-order chi connectivity index (χ0) is 42.1. The van der Waals surface area contributed by atoms with Crippen LogP contribution < -0.4 is 0 Å². The van der Waals surface area contributed by atoms with Crippen molar-refractivity contribution in [1.82, 2.24) is 0 Å². The molecule has 334 valence electrons. The lowest BCUT2D eigenvalue weighted by Gasteiger charge is -2.15. The molecule has 0 amide bonds. The summed E-state index contributed by atoms with van der Waals surface area (Å²) in [4.78, 5) is 24.3. The number of hydrogen-bond donors (Lipinski definition) is 1. The van der Waals surface area contributed by atoms with Gasteiger partial charge in [-0.25, -0.2) is 0 Å². The van der Waals surface area contributed by atoms with Gasteiger partial charge in [0, 0.05) is 12.8 Å². The first-order valence-electron chi connectivity index (χ1n) is 24.5. The van der Waals surface area contributed by atoms with Gasteiger partial charge in [-0.3, -0.25) is 9.59 Å². The molecular formula is C53H92O5. The van der Waals surface area contributed by atoms with E-state index in [0.717, 1.165) is 77.0 Å². The molecule has 0 heterocycles. The van der Waals surface area contributed by atoms with Gasteiger partial charge >= 0.3 is 11.9 Å². The monoisotopic (exact) mass is 809 g/mol. The summed E-state index contributed by atoms with van der Waals surface area (Å²) in [6, 6.07) is 0. The van der Waals surface area contributed by atoms with E-state index in [1.165, 1.54) is 128 Å². The molecule has 1 atom stereocenters. The van der Waals surface area contributed by atoms with E-state index in [4.69, 9.17) is 9.47 Å². The molecule has 1 unspecified atom stereocenters. The third-order valence-corrected chi connectivity index (χ3v) is 10.5. The molecule has 0 saturated carbocycles. The number of hydrogen-bond acceptors (Lipinski definition) is 5. The highest BCUT2D eigenvalue weighted by molar-refractivity contribution is 5.70. The molecule has 0 aliphatic heterocycles. The lowest BCUT2D eigenvalue weighted by molar-refractivity contribution is -0.161. The van der Waals surface area contributed by atoms with Crippen LogP contribution in [0.4, 0.5) is 0 Å². The molecule has 0 saturated heterocycles. The Morgan fingerprint density at radius 2 is 0.741 bits per heavy atom.